The Morgan fingerprint density at radius 1 is 0.635 bits per heavy atom. The summed E-state index contributed by atoms with van der Waals surface area (Å²) < 4.78 is 47.5. The van der Waals surface area contributed by atoms with Crippen molar-refractivity contribution in [2.24, 2.45) is 0 Å². The van der Waals surface area contributed by atoms with Crippen molar-refractivity contribution in [1.82, 2.24) is 5.32 Å². The van der Waals surface area contributed by atoms with Gasteiger partial charge in [-0.25, -0.2) is 4.18 Å². The minimum atomic E-state index is -5.13. The van der Waals surface area contributed by atoms with Gasteiger partial charge in [-0.15, -0.1) is 0 Å². The van der Waals surface area contributed by atoms with E-state index in [0.29, 0.717) is 12.8 Å². The van der Waals surface area contributed by atoms with Crippen molar-refractivity contribution < 1.29 is 57.0 Å². The monoisotopic (exact) mass is 916 g/mol. The average molecular weight is 916 g/mol. The van der Waals surface area contributed by atoms with Crippen molar-refractivity contribution >= 4 is 16.3 Å². The van der Waals surface area contributed by atoms with E-state index in [4.69, 9.17) is 9.47 Å². The van der Waals surface area contributed by atoms with Crippen LogP contribution in [0.15, 0.2) is 48.6 Å². The van der Waals surface area contributed by atoms with Crippen molar-refractivity contribution in [2.45, 2.75) is 243 Å². The molecule has 63 heavy (non-hydrogen) atoms. The number of carbonyl (C=O) groups excluding carboxylic acids is 1. The Morgan fingerprint density at radius 3 is 1.56 bits per heavy atom. The predicted molar refractivity (Wildman–Crippen MR) is 251 cm³/mol. The van der Waals surface area contributed by atoms with Gasteiger partial charge in [0.15, 0.2) is 6.29 Å². The zero-order valence-corrected chi connectivity index (χ0v) is 39.8. The van der Waals surface area contributed by atoms with Crippen LogP contribution in [-0.4, -0.2) is 107 Å². The number of amides is 1. The van der Waals surface area contributed by atoms with Crippen LogP contribution in [0.5, 0.6) is 0 Å². The SMILES string of the molecule is CCCCC/C=C/CC/C=C/CC/C=C/C(O)C(COC1OC(CO)C(O)C(OS(=O)(=O)O)C1O)NC(=O)C(O)CCCCCCCC/C=C\CCCCCCCCCCCCC. The molecule has 0 aromatic carbocycles. The summed E-state index contributed by atoms with van der Waals surface area (Å²) in [5.74, 6) is -0.722. The molecule has 1 heterocycles. The van der Waals surface area contributed by atoms with Gasteiger partial charge in [0.1, 0.15) is 30.5 Å². The average Bonchev–Trinajstić information content (AvgIpc) is 3.25. The third kappa shape index (κ3) is 31.6. The molecule has 14 heteroatoms. The topological polar surface area (TPSA) is 212 Å². The van der Waals surface area contributed by atoms with Crippen molar-refractivity contribution in [3.63, 3.8) is 0 Å². The number of carbonyl (C=O) groups is 1. The van der Waals surface area contributed by atoms with Crippen molar-refractivity contribution in [3.8, 4) is 0 Å². The van der Waals surface area contributed by atoms with Gasteiger partial charge in [0.2, 0.25) is 5.91 Å². The Morgan fingerprint density at radius 2 is 1.06 bits per heavy atom. The molecular weight excluding hydrogens is 827 g/mol. The van der Waals surface area contributed by atoms with Crippen LogP contribution < -0.4 is 5.32 Å². The van der Waals surface area contributed by atoms with Gasteiger partial charge in [-0.05, 0) is 70.6 Å². The maximum atomic E-state index is 13.1. The second-order valence-corrected chi connectivity index (χ2v) is 18.2. The maximum absolute atomic E-state index is 13.1. The lowest BCUT2D eigenvalue weighted by Gasteiger charge is -2.41. The Hall–Kier alpha value is -1.98. The van der Waals surface area contributed by atoms with Crippen LogP contribution in [0.3, 0.4) is 0 Å². The number of hydrogen-bond donors (Lipinski definition) is 7. The number of ether oxygens (including phenoxy) is 2. The summed E-state index contributed by atoms with van der Waals surface area (Å²) in [6.45, 7) is 3.16. The highest BCUT2D eigenvalue weighted by molar-refractivity contribution is 7.80. The molecule has 8 atom stereocenters. The van der Waals surface area contributed by atoms with E-state index in [1.54, 1.807) is 6.08 Å². The number of hydrogen-bond acceptors (Lipinski definition) is 11. The molecule has 0 aliphatic carbocycles. The number of rotatable bonds is 41. The first-order valence-electron chi connectivity index (χ1n) is 24.6. The van der Waals surface area contributed by atoms with Gasteiger partial charge < -0.3 is 40.3 Å². The molecule has 1 amide bonds. The van der Waals surface area contributed by atoms with E-state index in [-0.39, 0.29) is 6.42 Å². The lowest BCUT2D eigenvalue weighted by molar-refractivity contribution is -0.298. The molecule has 1 fully saturated rings. The molecule has 1 saturated heterocycles. The molecule has 0 aromatic heterocycles. The minimum absolute atomic E-state index is 0.225. The van der Waals surface area contributed by atoms with Gasteiger partial charge in [-0.3, -0.25) is 9.35 Å². The first kappa shape index (κ1) is 59.0. The molecule has 0 bridgehead atoms. The van der Waals surface area contributed by atoms with E-state index in [2.05, 4.69) is 59.8 Å². The fraction of sp³-hybridized carbons (Fsp3) is 0.816. The molecule has 13 nitrogen and oxygen atoms in total. The third-order valence-electron chi connectivity index (χ3n) is 11.4. The number of unbranched alkanes of at least 4 members (excludes halogenated alkanes) is 22. The van der Waals surface area contributed by atoms with Crippen LogP contribution in [0.4, 0.5) is 0 Å². The first-order chi connectivity index (χ1) is 30.4. The standard InChI is InChI=1S/C49H89NO12S/c1-3-5-7-9-11-13-15-17-18-19-20-21-22-23-24-26-28-30-32-34-36-38-43(53)48(56)50-41(42(52)37-35-33-31-29-27-25-16-14-12-10-8-6-4-2)40-60-49-46(55)47(62-63(57,58)59)45(54)44(39-51)61-49/h12,14,22-23,27,29,35,37,41-47,49,51-55H,3-11,13,15-21,24-26,28,30-34,36,38-40H2,1-2H3,(H,50,56)(H,57,58,59)/b14-12+,23-22-,29-27+,37-35+. The van der Waals surface area contributed by atoms with Gasteiger partial charge in [0.25, 0.3) is 0 Å². The second-order valence-electron chi connectivity index (χ2n) is 17.2. The van der Waals surface area contributed by atoms with Crippen LogP contribution in [0.25, 0.3) is 0 Å². The second kappa shape index (κ2) is 39.2. The molecule has 1 rings (SSSR count). The summed E-state index contributed by atoms with van der Waals surface area (Å²) in [7, 11) is -5.13. The molecule has 1 aliphatic heterocycles. The summed E-state index contributed by atoms with van der Waals surface area (Å²) in [6, 6.07) is -1.15. The fourth-order valence-electron chi connectivity index (χ4n) is 7.49. The zero-order chi connectivity index (χ0) is 46.4. The number of allylic oxidation sites excluding steroid dienone is 7. The van der Waals surface area contributed by atoms with Crippen molar-refractivity contribution in [2.75, 3.05) is 13.2 Å². The Labute approximate surface area is 381 Å². The lowest BCUT2D eigenvalue weighted by atomic mass is 9.99. The molecular formula is C49H89NO12S. The van der Waals surface area contributed by atoms with Crippen LogP contribution in [-0.2, 0) is 28.9 Å². The summed E-state index contributed by atoms with van der Waals surface area (Å²) in [6.07, 6.45) is 36.3. The molecule has 0 aromatic rings. The number of aliphatic hydroxyl groups excluding tert-OH is 5. The molecule has 7 N–H and O–H groups in total. The maximum Gasteiger partial charge on any atom is 0.397 e. The predicted octanol–water partition coefficient (Wildman–Crippen LogP) is 9.02. The largest absolute Gasteiger partial charge is 0.397 e. The van der Waals surface area contributed by atoms with E-state index in [1.165, 1.54) is 96.0 Å². The van der Waals surface area contributed by atoms with Gasteiger partial charge in [-0.1, -0.05) is 172 Å². The van der Waals surface area contributed by atoms with Crippen molar-refractivity contribution in [3.05, 3.63) is 48.6 Å². The fourth-order valence-corrected chi connectivity index (χ4v) is 7.99. The highest BCUT2D eigenvalue weighted by Gasteiger charge is 2.48. The zero-order valence-electron chi connectivity index (χ0n) is 39.0. The number of nitrogens with one attached hydrogen (secondary N) is 1. The Balaban J connectivity index is 2.53. The van der Waals surface area contributed by atoms with Crippen LogP contribution in [0, 0.1) is 0 Å². The van der Waals surface area contributed by atoms with Crippen molar-refractivity contribution in [1.29, 1.82) is 0 Å². The summed E-state index contributed by atoms with van der Waals surface area (Å²) in [5, 5.41) is 55.2. The smallest absolute Gasteiger partial charge is 0.394 e. The molecule has 0 radical (unpaired) electrons. The minimum Gasteiger partial charge on any atom is -0.394 e. The van der Waals surface area contributed by atoms with E-state index in [9.17, 15) is 43.3 Å². The first-order valence-corrected chi connectivity index (χ1v) is 26.0. The van der Waals surface area contributed by atoms with Crippen LogP contribution >= 0.6 is 0 Å². The van der Waals surface area contributed by atoms with E-state index in [0.717, 1.165) is 70.6 Å². The van der Waals surface area contributed by atoms with Gasteiger partial charge in [0.05, 0.1) is 25.4 Å². The Kier molecular flexibility index (Phi) is 36.7. The van der Waals surface area contributed by atoms with E-state index >= 15 is 0 Å². The lowest BCUT2D eigenvalue weighted by Crippen LogP contribution is -2.61. The summed E-state index contributed by atoms with van der Waals surface area (Å²) in [4.78, 5) is 13.1. The molecule has 0 saturated carbocycles. The van der Waals surface area contributed by atoms with E-state index in [1.807, 2.05) is 0 Å². The quantitative estimate of drug-likeness (QED) is 0.0174. The molecule has 8 unspecified atom stereocenters. The van der Waals surface area contributed by atoms with Crippen LogP contribution in [0.2, 0.25) is 0 Å². The normalized spacial score (nSPS) is 21.3. The highest BCUT2D eigenvalue weighted by Crippen LogP contribution is 2.26. The Bertz CT molecular complexity index is 1330. The molecule has 368 valence electrons. The van der Waals surface area contributed by atoms with Gasteiger partial charge >= 0.3 is 10.4 Å². The molecule has 1 aliphatic rings. The summed E-state index contributed by atoms with van der Waals surface area (Å²) >= 11 is 0. The highest BCUT2D eigenvalue weighted by atomic mass is 32.3. The van der Waals surface area contributed by atoms with Gasteiger partial charge in [0, 0.05) is 0 Å². The van der Waals surface area contributed by atoms with Crippen LogP contribution in [0.1, 0.15) is 194 Å². The molecule has 0 spiro atoms. The van der Waals surface area contributed by atoms with E-state index < -0.39 is 78.5 Å². The number of aliphatic hydroxyl groups is 5. The summed E-state index contributed by atoms with van der Waals surface area (Å²) in [5.41, 5.74) is 0. The third-order valence-corrected chi connectivity index (χ3v) is 11.9. The van der Waals surface area contributed by atoms with Gasteiger partial charge in [-0.2, -0.15) is 8.42 Å².